The van der Waals surface area contributed by atoms with E-state index in [9.17, 15) is 4.79 Å². The Labute approximate surface area is 177 Å². The lowest BCUT2D eigenvalue weighted by atomic mass is 10.1. The first-order valence-electron chi connectivity index (χ1n) is 10.2. The van der Waals surface area contributed by atoms with Crippen LogP contribution >= 0.6 is 0 Å². The van der Waals surface area contributed by atoms with Crippen LogP contribution in [0.1, 0.15) is 41.2 Å². The second kappa shape index (κ2) is 10.0. The van der Waals surface area contributed by atoms with Crippen LogP contribution in [0, 0.1) is 6.92 Å². The highest BCUT2D eigenvalue weighted by molar-refractivity contribution is 5.93. The van der Waals surface area contributed by atoms with Gasteiger partial charge >= 0.3 is 0 Å². The van der Waals surface area contributed by atoms with Crippen LogP contribution < -0.4 is 10.1 Å². The summed E-state index contributed by atoms with van der Waals surface area (Å²) in [5.74, 6) is 0.478. The monoisotopic (exact) mass is 407 g/mol. The molecule has 3 rings (SSSR count). The molecule has 1 heterocycles. The first-order valence-corrected chi connectivity index (χ1v) is 10.2. The third-order valence-electron chi connectivity index (χ3n) is 5.18. The molecule has 0 saturated heterocycles. The van der Waals surface area contributed by atoms with Crippen LogP contribution in [0.5, 0.6) is 5.75 Å². The maximum absolute atomic E-state index is 12.6. The predicted molar refractivity (Wildman–Crippen MR) is 117 cm³/mol. The van der Waals surface area contributed by atoms with Gasteiger partial charge in [0.05, 0.1) is 18.5 Å². The van der Waals surface area contributed by atoms with Gasteiger partial charge in [0.15, 0.2) is 5.69 Å². The van der Waals surface area contributed by atoms with Gasteiger partial charge in [0.2, 0.25) is 0 Å². The average Bonchev–Trinajstić information content (AvgIpc) is 3.18. The molecule has 0 bridgehead atoms. The van der Waals surface area contributed by atoms with Gasteiger partial charge in [-0.15, -0.1) is 5.10 Å². The van der Waals surface area contributed by atoms with Crippen LogP contribution in [0.2, 0.25) is 0 Å². The van der Waals surface area contributed by atoms with E-state index in [0.717, 1.165) is 36.6 Å². The molecule has 7 heteroatoms. The van der Waals surface area contributed by atoms with Crippen molar-refractivity contribution in [2.75, 3.05) is 20.2 Å². The zero-order chi connectivity index (χ0) is 21.5. The van der Waals surface area contributed by atoms with E-state index in [1.807, 2.05) is 31.2 Å². The van der Waals surface area contributed by atoms with Crippen molar-refractivity contribution < 1.29 is 9.53 Å². The van der Waals surface area contributed by atoms with Crippen molar-refractivity contribution in [2.45, 2.75) is 33.9 Å². The summed E-state index contributed by atoms with van der Waals surface area (Å²) in [5.41, 5.74) is 4.10. The number of carbonyl (C=O) groups excluding carboxylic acids is 1. The molecular formula is C23H29N5O2. The van der Waals surface area contributed by atoms with Crippen molar-refractivity contribution in [2.24, 2.45) is 0 Å². The van der Waals surface area contributed by atoms with Gasteiger partial charge in [-0.25, -0.2) is 4.68 Å². The minimum Gasteiger partial charge on any atom is -0.497 e. The number of nitrogens with zero attached hydrogens (tertiary/aromatic N) is 4. The van der Waals surface area contributed by atoms with Crippen LogP contribution in [0.15, 0.2) is 48.5 Å². The quantitative estimate of drug-likeness (QED) is 0.589. The lowest BCUT2D eigenvalue weighted by molar-refractivity contribution is 0.0945. The Balaban J connectivity index is 1.63. The summed E-state index contributed by atoms with van der Waals surface area (Å²) in [5, 5.41) is 11.2. The average molecular weight is 408 g/mol. The summed E-state index contributed by atoms with van der Waals surface area (Å²) in [4.78, 5) is 15.0. The van der Waals surface area contributed by atoms with Crippen LogP contribution in [-0.2, 0) is 13.1 Å². The number of amides is 1. The number of rotatable bonds is 9. The van der Waals surface area contributed by atoms with Gasteiger partial charge in [0.25, 0.3) is 5.91 Å². The van der Waals surface area contributed by atoms with Crippen molar-refractivity contribution in [1.82, 2.24) is 25.2 Å². The molecule has 1 amide bonds. The smallest absolute Gasteiger partial charge is 0.274 e. The van der Waals surface area contributed by atoms with E-state index in [4.69, 9.17) is 4.74 Å². The topological polar surface area (TPSA) is 72.3 Å². The van der Waals surface area contributed by atoms with E-state index in [0.29, 0.717) is 17.9 Å². The van der Waals surface area contributed by atoms with Crippen molar-refractivity contribution in [3.05, 3.63) is 71.0 Å². The Bertz CT molecular complexity index is 978. The van der Waals surface area contributed by atoms with Gasteiger partial charge in [0.1, 0.15) is 5.75 Å². The van der Waals surface area contributed by atoms with E-state index in [1.54, 1.807) is 11.8 Å². The third-order valence-corrected chi connectivity index (χ3v) is 5.18. The molecule has 0 aliphatic heterocycles. The Morgan fingerprint density at radius 2 is 1.80 bits per heavy atom. The molecular weight excluding hydrogens is 378 g/mol. The van der Waals surface area contributed by atoms with Crippen LogP contribution in [0.25, 0.3) is 5.69 Å². The summed E-state index contributed by atoms with van der Waals surface area (Å²) < 4.78 is 6.90. The van der Waals surface area contributed by atoms with Gasteiger partial charge in [-0.05, 0) is 43.3 Å². The van der Waals surface area contributed by atoms with E-state index in [-0.39, 0.29) is 5.91 Å². The van der Waals surface area contributed by atoms with E-state index < -0.39 is 0 Å². The fourth-order valence-corrected chi connectivity index (χ4v) is 3.26. The molecule has 0 aliphatic carbocycles. The maximum Gasteiger partial charge on any atom is 0.274 e. The Morgan fingerprint density at radius 1 is 1.10 bits per heavy atom. The molecule has 1 N–H and O–H groups in total. The van der Waals surface area contributed by atoms with Crippen molar-refractivity contribution in [1.29, 1.82) is 0 Å². The first-order chi connectivity index (χ1) is 14.5. The Hall–Kier alpha value is -3.19. The normalized spacial score (nSPS) is 11.0. The molecule has 0 atom stereocenters. The standard InChI is InChI=1S/C23H29N5O2/c1-5-27(6-2)16-19-12-10-18(11-13-19)15-24-23(29)22-17(3)28(26-25-22)20-8-7-9-21(14-20)30-4/h7-14H,5-6,15-16H2,1-4H3,(H,24,29). The van der Waals surface area contributed by atoms with Crippen molar-refractivity contribution in [3.8, 4) is 11.4 Å². The fourth-order valence-electron chi connectivity index (χ4n) is 3.26. The van der Waals surface area contributed by atoms with E-state index >= 15 is 0 Å². The number of methoxy groups -OCH3 is 1. The first kappa shape index (κ1) is 21.5. The SMILES string of the molecule is CCN(CC)Cc1ccc(CNC(=O)c2nnn(-c3cccc(OC)c3)c2C)cc1. The lowest BCUT2D eigenvalue weighted by Crippen LogP contribution is -2.24. The summed E-state index contributed by atoms with van der Waals surface area (Å²) >= 11 is 0. The molecule has 0 saturated carbocycles. The minimum atomic E-state index is -0.242. The second-order valence-electron chi connectivity index (χ2n) is 7.10. The molecule has 2 aromatic carbocycles. The van der Waals surface area contributed by atoms with E-state index in [2.05, 4.69) is 58.6 Å². The highest BCUT2D eigenvalue weighted by Gasteiger charge is 2.17. The summed E-state index contributed by atoms with van der Waals surface area (Å²) in [6.45, 7) is 9.60. The zero-order valence-corrected chi connectivity index (χ0v) is 18.1. The predicted octanol–water partition coefficient (Wildman–Crippen LogP) is 3.36. The highest BCUT2D eigenvalue weighted by Crippen LogP contribution is 2.18. The molecule has 158 valence electrons. The number of hydrogen-bond donors (Lipinski definition) is 1. The molecule has 0 radical (unpaired) electrons. The van der Waals surface area contributed by atoms with Gasteiger partial charge < -0.3 is 10.1 Å². The zero-order valence-electron chi connectivity index (χ0n) is 18.1. The van der Waals surface area contributed by atoms with Crippen molar-refractivity contribution >= 4 is 5.91 Å². The largest absolute Gasteiger partial charge is 0.497 e. The number of benzene rings is 2. The van der Waals surface area contributed by atoms with Gasteiger partial charge in [-0.1, -0.05) is 49.4 Å². The minimum absolute atomic E-state index is 0.242. The van der Waals surface area contributed by atoms with Crippen LogP contribution in [0.4, 0.5) is 0 Å². The Kier molecular flexibility index (Phi) is 7.19. The Morgan fingerprint density at radius 3 is 2.47 bits per heavy atom. The molecule has 0 aliphatic rings. The summed E-state index contributed by atoms with van der Waals surface area (Å²) in [6.07, 6.45) is 0. The van der Waals surface area contributed by atoms with Gasteiger partial charge in [-0.2, -0.15) is 0 Å². The van der Waals surface area contributed by atoms with Crippen LogP contribution in [-0.4, -0.2) is 46.0 Å². The maximum atomic E-state index is 12.6. The number of aromatic nitrogens is 3. The second-order valence-corrected chi connectivity index (χ2v) is 7.10. The molecule has 7 nitrogen and oxygen atoms in total. The number of carbonyl (C=O) groups is 1. The van der Waals surface area contributed by atoms with Gasteiger partial charge in [0, 0.05) is 19.2 Å². The molecule has 1 aromatic heterocycles. The van der Waals surface area contributed by atoms with Gasteiger partial charge in [-0.3, -0.25) is 9.69 Å². The van der Waals surface area contributed by atoms with Crippen molar-refractivity contribution in [3.63, 3.8) is 0 Å². The number of nitrogens with one attached hydrogen (secondary N) is 1. The molecule has 0 unspecified atom stereocenters. The highest BCUT2D eigenvalue weighted by atomic mass is 16.5. The molecule has 30 heavy (non-hydrogen) atoms. The fraction of sp³-hybridized carbons (Fsp3) is 0.348. The molecule has 0 fully saturated rings. The molecule has 0 spiro atoms. The van der Waals surface area contributed by atoms with E-state index in [1.165, 1.54) is 5.56 Å². The summed E-state index contributed by atoms with van der Waals surface area (Å²) in [7, 11) is 1.61. The number of hydrogen-bond acceptors (Lipinski definition) is 5. The van der Waals surface area contributed by atoms with Crippen LogP contribution in [0.3, 0.4) is 0 Å². The number of ether oxygens (including phenoxy) is 1. The lowest BCUT2D eigenvalue weighted by Gasteiger charge is -2.18. The third kappa shape index (κ3) is 5.04. The molecule has 3 aromatic rings. The summed E-state index contributed by atoms with van der Waals surface area (Å²) in [6, 6.07) is 15.8.